The number of fused-ring (bicyclic) bond motifs is 1. The summed E-state index contributed by atoms with van der Waals surface area (Å²) in [7, 11) is 2.89. The maximum Gasteiger partial charge on any atom is 0.280 e. The fourth-order valence-corrected chi connectivity index (χ4v) is 4.40. The Labute approximate surface area is 157 Å². The third-order valence-electron chi connectivity index (χ3n) is 3.24. The van der Waals surface area contributed by atoms with Crippen molar-refractivity contribution in [2.45, 2.75) is 40.2 Å². The van der Waals surface area contributed by atoms with Gasteiger partial charge < -0.3 is 10.8 Å². The number of aliphatic imine (C=N–C) groups is 2. The van der Waals surface area contributed by atoms with Crippen molar-refractivity contribution in [3.63, 3.8) is 0 Å². The molecule has 138 valence electrons. The molecule has 0 aromatic heterocycles. The zero-order valence-corrected chi connectivity index (χ0v) is 16.7. The van der Waals surface area contributed by atoms with Crippen LogP contribution in [0.3, 0.4) is 0 Å². The Bertz CT molecular complexity index is 620. The first-order valence-electron chi connectivity index (χ1n) is 8.27. The van der Waals surface area contributed by atoms with E-state index in [-0.39, 0.29) is 11.3 Å². The summed E-state index contributed by atoms with van der Waals surface area (Å²) in [5.74, 6) is -0.578. The molecule has 1 atom stereocenters. The minimum absolute atomic E-state index is 0.0859. The van der Waals surface area contributed by atoms with Crippen molar-refractivity contribution in [1.29, 1.82) is 0 Å². The lowest BCUT2D eigenvalue weighted by Gasteiger charge is -2.14. The van der Waals surface area contributed by atoms with Gasteiger partial charge in [0.25, 0.3) is 5.91 Å². The third kappa shape index (κ3) is 6.05. The standard InChI is InChI=1S/C15H20N4O2S2.C2H6/c1-3-4-5-6-7-11(16)12(10(2)20)13(21)18-15-19-9-8-17-14(19)22-23-15;1-2/h3-6,11,20H,7-9,16H2,1-2H3;1-2H3/b4-3-,6-5-,12-10+,18-15?;. The summed E-state index contributed by atoms with van der Waals surface area (Å²) in [6.45, 7) is 8.83. The van der Waals surface area contributed by atoms with Crippen LogP contribution in [0.15, 0.2) is 45.6 Å². The smallest absolute Gasteiger partial charge is 0.280 e. The summed E-state index contributed by atoms with van der Waals surface area (Å²) in [4.78, 5) is 22.8. The molecule has 2 rings (SSSR count). The van der Waals surface area contributed by atoms with Crippen molar-refractivity contribution in [3.05, 3.63) is 35.6 Å². The van der Waals surface area contributed by atoms with Gasteiger partial charge in [-0.15, -0.1) is 0 Å². The van der Waals surface area contributed by atoms with E-state index in [0.29, 0.717) is 18.1 Å². The van der Waals surface area contributed by atoms with E-state index in [1.165, 1.54) is 28.5 Å². The molecule has 2 aliphatic heterocycles. The van der Waals surface area contributed by atoms with Crippen molar-refractivity contribution in [3.8, 4) is 0 Å². The fraction of sp³-hybridized carbons (Fsp3) is 0.471. The van der Waals surface area contributed by atoms with Crippen LogP contribution in [0.1, 0.15) is 34.1 Å². The van der Waals surface area contributed by atoms with Crippen LogP contribution < -0.4 is 5.73 Å². The summed E-state index contributed by atoms with van der Waals surface area (Å²) in [6, 6.07) is -0.593. The first-order valence-corrected chi connectivity index (χ1v) is 10.4. The van der Waals surface area contributed by atoms with Gasteiger partial charge in [0.05, 0.1) is 17.9 Å². The van der Waals surface area contributed by atoms with Crippen LogP contribution >= 0.6 is 21.6 Å². The molecule has 0 saturated carbocycles. The van der Waals surface area contributed by atoms with Gasteiger partial charge in [-0.25, -0.2) is 0 Å². The molecule has 25 heavy (non-hydrogen) atoms. The minimum atomic E-state index is -0.593. The second-order valence-electron chi connectivity index (χ2n) is 4.98. The zero-order chi connectivity index (χ0) is 18.8. The Balaban J connectivity index is 0.00000151. The molecular weight excluding hydrogens is 356 g/mol. The molecule has 2 aliphatic rings. The summed E-state index contributed by atoms with van der Waals surface area (Å²) in [6.07, 6.45) is 7.95. The number of aliphatic hydroxyl groups excluding tert-OH is 1. The summed E-state index contributed by atoms with van der Waals surface area (Å²) < 4.78 is 0. The van der Waals surface area contributed by atoms with Gasteiger partial charge in [0.1, 0.15) is 0 Å². The van der Waals surface area contributed by atoms with Crippen LogP contribution in [-0.4, -0.2) is 45.4 Å². The Hall–Kier alpha value is -1.51. The van der Waals surface area contributed by atoms with Crippen LogP contribution in [0, 0.1) is 0 Å². The molecule has 0 spiro atoms. The molecule has 1 saturated heterocycles. The quantitative estimate of drug-likeness (QED) is 0.326. The first-order chi connectivity index (χ1) is 12.0. The maximum absolute atomic E-state index is 12.4. The van der Waals surface area contributed by atoms with E-state index in [1.54, 1.807) is 0 Å². The Kier molecular flexibility index (Phi) is 9.62. The van der Waals surface area contributed by atoms with Crippen molar-refractivity contribution in [2.24, 2.45) is 15.7 Å². The van der Waals surface area contributed by atoms with Crippen LogP contribution in [0.2, 0.25) is 0 Å². The van der Waals surface area contributed by atoms with Gasteiger partial charge in [-0.1, -0.05) is 38.2 Å². The third-order valence-corrected chi connectivity index (χ3v) is 5.43. The van der Waals surface area contributed by atoms with Gasteiger partial charge in [0.2, 0.25) is 0 Å². The highest BCUT2D eigenvalue weighted by molar-refractivity contribution is 8.88. The minimum Gasteiger partial charge on any atom is -0.512 e. The molecule has 0 radical (unpaired) electrons. The highest BCUT2D eigenvalue weighted by Crippen LogP contribution is 2.38. The second kappa shape index (κ2) is 11.2. The molecule has 0 aromatic rings. The monoisotopic (exact) mass is 382 g/mol. The molecule has 1 unspecified atom stereocenters. The number of aliphatic hydroxyl groups is 1. The van der Waals surface area contributed by atoms with E-state index in [0.717, 1.165) is 11.7 Å². The lowest BCUT2D eigenvalue weighted by atomic mass is 10.0. The topological polar surface area (TPSA) is 91.3 Å². The molecule has 0 aromatic carbocycles. The Morgan fingerprint density at radius 1 is 1.44 bits per heavy atom. The van der Waals surface area contributed by atoms with Crippen LogP contribution in [0.25, 0.3) is 0 Å². The largest absolute Gasteiger partial charge is 0.512 e. The molecule has 2 heterocycles. The average molecular weight is 383 g/mol. The van der Waals surface area contributed by atoms with E-state index < -0.39 is 11.9 Å². The highest BCUT2D eigenvalue weighted by atomic mass is 33.1. The number of hydrogen-bond acceptors (Lipinski definition) is 6. The number of nitrogens with zero attached hydrogens (tertiary/aromatic N) is 3. The van der Waals surface area contributed by atoms with Gasteiger partial charge in [-0.05, 0) is 41.9 Å². The van der Waals surface area contributed by atoms with Crippen molar-refractivity contribution in [1.82, 2.24) is 4.90 Å². The zero-order valence-electron chi connectivity index (χ0n) is 15.1. The van der Waals surface area contributed by atoms with Gasteiger partial charge in [-0.3, -0.25) is 14.7 Å². The van der Waals surface area contributed by atoms with Gasteiger partial charge >= 0.3 is 0 Å². The SMILES string of the molecule is C/C=C\C=C/CC(N)/C(C(=O)N=C1SSC2=NCCN21)=C(/C)O.CC. The van der Waals surface area contributed by atoms with Gasteiger partial charge in [0.15, 0.2) is 10.3 Å². The maximum atomic E-state index is 12.4. The van der Waals surface area contributed by atoms with Gasteiger partial charge in [0, 0.05) is 12.6 Å². The van der Waals surface area contributed by atoms with E-state index >= 15 is 0 Å². The highest BCUT2D eigenvalue weighted by Gasteiger charge is 2.32. The van der Waals surface area contributed by atoms with Crippen molar-refractivity contribution >= 4 is 37.8 Å². The molecule has 0 bridgehead atoms. The number of rotatable bonds is 5. The number of amidine groups is 2. The normalized spacial score (nSPS) is 20.4. The number of carbonyl (C=O) groups excluding carboxylic acids is 1. The average Bonchev–Trinajstić information content (AvgIpc) is 3.18. The fourth-order valence-electron chi connectivity index (χ4n) is 2.14. The van der Waals surface area contributed by atoms with Crippen LogP contribution in [-0.2, 0) is 4.79 Å². The number of amides is 1. The predicted molar refractivity (Wildman–Crippen MR) is 110 cm³/mol. The summed E-state index contributed by atoms with van der Waals surface area (Å²) in [5, 5.41) is 11.3. The van der Waals surface area contributed by atoms with Crippen molar-refractivity contribution < 1.29 is 9.90 Å². The van der Waals surface area contributed by atoms with Gasteiger partial charge in [-0.2, -0.15) is 4.99 Å². The first kappa shape index (κ1) is 21.5. The molecule has 3 N–H and O–H groups in total. The van der Waals surface area contributed by atoms with E-state index in [4.69, 9.17) is 5.73 Å². The van der Waals surface area contributed by atoms with E-state index in [9.17, 15) is 9.90 Å². The number of hydrogen-bond donors (Lipinski definition) is 2. The molecule has 1 fully saturated rings. The lowest BCUT2D eigenvalue weighted by molar-refractivity contribution is -0.114. The molecular formula is C17H26N4O2S2. The lowest BCUT2D eigenvalue weighted by Crippen LogP contribution is -2.30. The molecule has 0 aliphatic carbocycles. The predicted octanol–water partition coefficient (Wildman–Crippen LogP) is 3.64. The van der Waals surface area contributed by atoms with E-state index in [2.05, 4.69) is 9.98 Å². The number of allylic oxidation sites excluding steroid dienone is 4. The van der Waals surface area contributed by atoms with Crippen molar-refractivity contribution in [2.75, 3.05) is 13.1 Å². The second-order valence-corrected chi connectivity index (χ2v) is 7.04. The molecule has 1 amide bonds. The number of carbonyl (C=O) groups is 1. The summed E-state index contributed by atoms with van der Waals surface area (Å²) in [5.41, 5.74) is 6.20. The molecule has 6 nitrogen and oxygen atoms in total. The number of nitrogens with two attached hydrogens (primary N) is 1. The molecule has 8 heteroatoms. The van der Waals surface area contributed by atoms with Crippen LogP contribution in [0.5, 0.6) is 0 Å². The Morgan fingerprint density at radius 2 is 2.16 bits per heavy atom. The summed E-state index contributed by atoms with van der Waals surface area (Å²) >= 11 is 0. The van der Waals surface area contributed by atoms with E-state index in [1.807, 2.05) is 50.0 Å². The Morgan fingerprint density at radius 3 is 2.80 bits per heavy atom. The van der Waals surface area contributed by atoms with Crippen LogP contribution in [0.4, 0.5) is 0 Å².